The van der Waals surface area contributed by atoms with Crippen LogP contribution < -0.4 is 0 Å². The van der Waals surface area contributed by atoms with Gasteiger partial charge in [-0.25, -0.2) is 14.4 Å². The van der Waals surface area contributed by atoms with Crippen LogP contribution in [0.4, 0.5) is 4.39 Å². The molecular formula is C16H13FN2O. The van der Waals surface area contributed by atoms with Gasteiger partial charge in [0.2, 0.25) is 0 Å². The van der Waals surface area contributed by atoms with Crippen molar-refractivity contribution in [3.05, 3.63) is 48.1 Å². The van der Waals surface area contributed by atoms with Gasteiger partial charge in [0, 0.05) is 17.0 Å². The van der Waals surface area contributed by atoms with Crippen molar-refractivity contribution in [2.75, 3.05) is 0 Å². The number of rotatable bonds is 2. The number of fused-ring (bicyclic) bond motifs is 1. The van der Waals surface area contributed by atoms with Crippen LogP contribution in [0.3, 0.4) is 0 Å². The molecule has 0 amide bonds. The van der Waals surface area contributed by atoms with Crippen LogP contribution in [0.15, 0.2) is 41.0 Å². The summed E-state index contributed by atoms with van der Waals surface area (Å²) in [6, 6.07) is 8.11. The Morgan fingerprint density at radius 2 is 1.85 bits per heavy atom. The van der Waals surface area contributed by atoms with Crippen LogP contribution in [0.25, 0.3) is 22.5 Å². The number of furan rings is 1. The van der Waals surface area contributed by atoms with E-state index in [1.54, 1.807) is 18.4 Å². The highest BCUT2D eigenvalue weighted by Gasteiger charge is 2.43. The second kappa shape index (κ2) is 3.88. The maximum atomic E-state index is 13.0. The molecule has 0 unspecified atom stereocenters. The molecule has 0 saturated heterocycles. The second-order valence-corrected chi connectivity index (χ2v) is 5.60. The molecule has 0 aliphatic heterocycles. The molecule has 0 atom stereocenters. The van der Waals surface area contributed by atoms with Gasteiger partial charge in [-0.1, -0.05) is 6.92 Å². The normalized spacial score (nSPS) is 16.5. The molecule has 0 N–H and O–H groups in total. The second-order valence-electron chi connectivity index (χ2n) is 5.60. The smallest absolute Gasteiger partial charge is 0.174 e. The molecule has 1 aliphatic rings. The Kier molecular flexibility index (Phi) is 2.25. The minimum atomic E-state index is -0.257. The molecule has 3 aromatic rings. The van der Waals surface area contributed by atoms with Gasteiger partial charge >= 0.3 is 0 Å². The molecule has 1 aliphatic carbocycles. The first-order chi connectivity index (χ1) is 9.66. The van der Waals surface area contributed by atoms with Gasteiger partial charge in [0.25, 0.3) is 0 Å². The quantitative estimate of drug-likeness (QED) is 0.703. The fourth-order valence-corrected chi connectivity index (χ4v) is 2.42. The highest BCUT2D eigenvalue weighted by molar-refractivity contribution is 5.78. The minimum absolute atomic E-state index is 0.0911. The first-order valence-electron chi connectivity index (χ1n) is 6.67. The fourth-order valence-electron chi connectivity index (χ4n) is 2.42. The first-order valence-corrected chi connectivity index (χ1v) is 6.67. The molecule has 20 heavy (non-hydrogen) atoms. The van der Waals surface area contributed by atoms with Crippen molar-refractivity contribution in [3.8, 4) is 11.4 Å². The van der Waals surface area contributed by atoms with Crippen molar-refractivity contribution in [2.24, 2.45) is 0 Å². The molecule has 3 nitrogen and oxygen atoms in total. The third-order valence-electron chi connectivity index (χ3n) is 3.98. The van der Waals surface area contributed by atoms with Crippen LogP contribution in [0.5, 0.6) is 0 Å². The van der Waals surface area contributed by atoms with Crippen molar-refractivity contribution >= 4 is 11.1 Å². The lowest BCUT2D eigenvalue weighted by Gasteiger charge is -2.10. The van der Waals surface area contributed by atoms with Crippen LogP contribution in [0.2, 0.25) is 0 Å². The molecule has 4 rings (SSSR count). The summed E-state index contributed by atoms with van der Waals surface area (Å²) in [5.41, 5.74) is 3.46. The molecule has 2 aromatic heterocycles. The molecule has 0 radical (unpaired) electrons. The zero-order valence-corrected chi connectivity index (χ0v) is 11.1. The molecule has 1 aromatic carbocycles. The van der Waals surface area contributed by atoms with Gasteiger partial charge < -0.3 is 4.42 Å². The summed E-state index contributed by atoms with van der Waals surface area (Å²) in [5, 5.41) is 0. The lowest BCUT2D eigenvalue weighted by Crippen LogP contribution is -2.06. The van der Waals surface area contributed by atoms with Gasteiger partial charge in [-0.05, 0) is 37.1 Å². The van der Waals surface area contributed by atoms with Crippen molar-refractivity contribution < 1.29 is 8.81 Å². The Morgan fingerprint density at radius 1 is 1.10 bits per heavy atom. The van der Waals surface area contributed by atoms with Gasteiger partial charge in [0.05, 0.1) is 12.0 Å². The van der Waals surface area contributed by atoms with Crippen LogP contribution in [0.1, 0.15) is 25.5 Å². The SMILES string of the molecule is CC1(c2nc(-c3ccc(F)cc3)nc3ccoc23)CC1. The van der Waals surface area contributed by atoms with E-state index in [4.69, 9.17) is 4.42 Å². The lowest BCUT2D eigenvalue weighted by molar-refractivity contribution is 0.596. The third kappa shape index (κ3) is 1.72. The van der Waals surface area contributed by atoms with Gasteiger partial charge in [-0.15, -0.1) is 0 Å². The molecule has 100 valence electrons. The Bertz CT molecular complexity index is 788. The van der Waals surface area contributed by atoms with Crippen molar-refractivity contribution in [2.45, 2.75) is 25.2 Å². The maximum absolute atomic E-state index is 13.0. The van der Waals surface area contributed by atoms with Crippen molar-refractivity contribution in [1.29, 1.82) is 0 Å². The maximum Gasteiger partial charge on any atom is 0.174 e. The van der Waals surface area contributed by atoms with Gasteiger partial charge in [0.1, 0.15) is 11.3 Å². The monoisotopic (exact) mass is 268 g/mol. The molecule has 1 fully saturated rings. The van der Waals surface area contributed by atoms with Gasteiger partial charge in [-0.3, -0.25) is 0 Å². The largest absolute Gasteiger partial charge is 0.461 e. The lowest BCUT2D eigenvalue weighted by atomic mass is 10.0. The first kappa shape index (κ1) is 11.6. The van der Waals surface area contributed by atoms with Gasteiger partial charge in [-0.2, -0.15) is 0 Å². The zero-order valence-electron chi connectivity index (χ0n) is 11.1. The summed E-state index contributed by atoms with van der Waals surface area (Å²) in [7, 11) is 0. The zero-order chi connectivity index (χ0) is 13.7. The average molecular weight is 268 g/mol. The van der Waals surface area contributed by atoms with E-state index in [1.165, 1.54) is 12.1 Å². The summed E-state index contributed by atoms with van der Waals surface area (Å²) in [6.45, 7) is 2.19. The third-order valence-corrected chi connectivity index (χ3v) is 3.98. The number of halogens is 1. The number of benzene rings is 1. The van der Waals surface area contributed by atoms with Crippen LogP contribution >= 0.6 is 0 Å². The molecule has 4 heteroatoms. The van der Waals surface area contributed by atoms with E-state index in [0.29, 0.717) is 5.82 Å². The highest BCUT2D eigenvalue weighted by atomic mass is 19.1. The number of nitrogens with zero attached hydrogens (tertiary/aromatic N) is 2. The molecule has 1 saturated carbocycles. The van der Waals surface area contributed by atoms with E-state index in [2.05, 4.69) is 16.9 Å². The Morgan fingerprint density at radius 3 is 2.55 bits per heavy atom. The highest BCUT2D eigenvalue weighted by Crippen LogP contribution is 2.49. The summed E-state index contributed by atoms with van der Waals surface area (Å²) >= 11 is 0. The molecule has 0 spiro atoms. The predicted molar refractivity (Wildman–Crippen MR) is 73.8 cm³/mol. The number of hydrogen-bond acceptors (Lipinski definition) is 3. The predicted octanol–water partition coefficient (Wildman–Crippen LogP) is 4.08. The summed E-state index contributed by atoms with van der Waals surface area (Å²) in [6.07, 6.45) is 3.87. The van der Waals surface area contributed by atoms with Crippen LogP contribution in [0, 0.1) is 5.82 Å². The topological polar surface area (TPSA) is 38.9 Å². The van der Waals surface area contributed by atoms with E-state index in [9.17, 15) is 4.39 Å². The minimum Gasteiger partial charge on any atom is -0.461 e. The van der Waals surface area contributed by atoms with Gasteiger partial charge in [0.15, 0.2) is 11.4 Å². The summed E-state index contributed by atoms with van der Waals surface area (Å²) in [4.78, 5) is 9.19. The van der Waals surface area contributed by atoms with Crippen LogP contribution in [-0.4, -0.2) is 9.97 Å². The molecular weight excluding hydrogens is 255 g/mol. The van der Waals surface area contributed by atoms with Crippen molar-refractivity contribution in [1.82, 2.24) is 9.97 Å². The summed E-state index contributed by atoms with van der Waals surface area (Å²) in [5.74, 6) is 0.370. The van der Waals surface area contributed by atoms with Crippen LogP contribution in [-0.2, 0) is 5.41 Å². The Labute approximate surface area is 115 Å². The molecule has 2 heterocycles. The standard InChI is InChI=1S/C16H13FN2O/c1-16(7-8-16)14-13-12(6-9-20-13)18-15(19-14)10-2-4-11(17)5-3-10/h2-6,9H,7-8H2,1H3. The van der Waals surface area contributed by atoms with E-state index >= 15 is 0 Å². The fraction of sp³-hybridized carbons (Fsp3) is 0.250. The van der Waals surface area contributed by atoms with Crippen molar-refractivity contribution in [3.63, 3.8) is 0 Å². The summed E-state index contributed by atoms with van der Waals surface area (Å²) < 4.78 is 18.6. The van der Waals surface area contributed by atoms with E-state index < -0.39 is 0 Å². The number of hydrogen-bond donors (Lipinski definition) is 0. The Balaban J connectivity index is 1.94. The van der Waals surface area contributed by atoms with E-state index in [-0.39, 0.29) is 11.2 Å². The number of aromatic nitrogens is 2. The molecule has 0 bridgehead atoms. The average Bonchev–Trinajstić information content (AvgIpc) is 3.02. The Hall–Kier alpha value is -2.23. The van der Waals surface area contributed by atoms with E-state index in [1.807, 2.05) is 6.07 Å². The van der Waals surface area contributed by atoms with E-state index in [0.717, 1.165) is 35.2 Å².